The Morgan fingerprint density at radius 2 is 1.79 bits per heavy atom. The van der Waals surface area contributed by atoms with Gasteiger partial charge in [-0.25, -0.2) is 0 Å². The van der Waals surface area contributed by atoms with Crippen LogP contribution >= 0.6 is 11.8 Å². The van der Waals surface area contributed by atoms with E-state index in [2.05, 4.69) is 26.1 Å². The molecule has 0 unspecified atom stereocenters. The minimum atomic E-state index is -0.566. The van der Waals surface area contributed by atoms with Crippen molar-refractivity contribution in [3.8, 4) is 5.75 Å². The first-order chi connectivity index (χ1) is 11.3. The van der Waals surface area contributed by atoms with Crippen molar-refractivity contribution in [2.24, 2.45) is 0 Å². The average Bonchev–Trinajstić information content (AvgIpc) is 2.54. The van der Waals surface area contributed by atoms with E-state index in [-0.39, 0.29) is 11.3 Å². The maximum atomic E-state index is 12.3. The summed E-state index contributed by atoms with van der Waals surface area (Å²) in [6.07, 6.45) is 1.44. The van der Waals surface area contributed by atoms with Gasteiger partial charge in [0.25, 0.3) is 5.91 Å². The third-order valence-electron chi connectivity index (χ3n) is 3.74. The van der Waals surface area contributed by atoms with E-state index < -0.39 is 6.10 Å². The molecule has 3 nitrogen and oxygen atoms in total. The number of hydrogen-bond donors (Lipinski definition) is 1. The summed E-state index contributed by atoms with van der Waals surface area (Å²) in [5.74, 6) is 0.539. The molecule has 2 aromatic carbocycles. The molecule has 1 atom stereocenters. The molecule has 2 aromatic rings. The van der Waals surface area contributed by atoms with Gasteiger partial charge in [0, 0.05) is 10.6 Å². The first kappa shape index (κ1) is 18.4. The van der Waals surface area contributed by atoms with Crippen molar-refractivity contribution in [2.75, 3.05) is 11.6 Å². The van der Waals surface area contributed by atoms with Gasteiger partial charge in [-0.1, -0.05) is 39.0 Å². The fourth-order valence-corrected chi connectivity index (χ4v) is 2.70. The smallest absolute Gasteiger partial charge is 0.265 e. The molecule has 0 spiro atoms. The largest absolute Gasteiger partial charge is 0.481 e. The SMILES string of the molecule is CSc1cccc(NC(=O)[C@H](C)Oc2ccc(C(C)(C)C)cc2)c1. The molecule has 1 N–H and O–H groups in total. The van der Waals surface area contributed by atoms with Crippen LogP contribution in [0.1, 0.15) is 33.3 Å². The highest BCUT2D eigenvalue weighted by atomic mass is 32.2. The molecular weight excluding hydrogens is 318 g/mol. The maximum Gasteiger partial charge on any atom is 0.265 e. The predicted octanol–water partition coefficient (Wildman–Crippen LogP) is 5.11. The number of benzene rings is 2. The zero-order valence-electron chi connectivity index (χ0n) is 14.9. The van der Waals surface area contributed by atoms with Crippen LogP contribution in [0.25, 0.3) is 0 Å². The van der Waals surface area contributed by atoms with Crippen molar-refractivity contribution < 1.29 is 9.53 Å². The number of nitrogens with one attached hydrogen (secondary N) is 1. The van der Waals surface area contributed by atoms with E-state index in [1.54, 1.807) is 18.7 Å². The summed E-state index contributed by atoms with van der Waals surface area (Å²) in [4.78, 5) is 13.4. The second-order valence-electron chi connectivity index (χ2n) is 6.76. The molecule has 0 saturated heterocycles. The average molecular weight is 343 g/mol. The second kappa shape index (κ2) is 7.75. The molecule has 1 amide bonds. The van der Waals surface area contributed by atoms with Crippen molar-refractivity contribution in [2.45, 2.75) is 44.1 Å². The van der Waals surface area contributed by atoms with E-state index in [0.29, 0.717) is 5.75 Å². The van der Waals surface area contributed by atoms with Gasteiger partial charge in [-0.3, -0.25) is 4.79 Å². The molecule has 0 heterocycles. The van der Waals surface area contributed by atoms with Crippen molar-refractivity contribution in [3.63, 3.8) is 0 Å². The normalized spacial score (nSPS) is 12.5. The standard InChI is InChI=1S/C20H25NO2S/c1-14(19(22)21-16-7-6-8-18(13-16)24-5)23-17-11-9-15(10-12-17)20(2,3)4/h6-14H,1-5H3,(H,21,22)/t14-/m0/s1. The molecule has 0 radical (unpaired) electrons. The second-order valence-corrected chi connectivity index (χ2v) is 7.64. The Bertz CT molecular complexity index is 690. The number of ether oxygens (including phenoxy) is 1. The zero-order valence-corrected chi connectivity index (χ0v) is 15.7. The third-order valence-corrected chi connectivity index (χ3v) is 4.47. The highest BCUT2D eigenvalue weighted by Gasteiger charge is 2.17. The lowest BCUT2D eigenvalue weighted by molar-refractivity contribution is -0.122. The van der Waals surface area contributed by atoms with Gasteiger partial charge in [0.15, 0.2) is 6.10 Å². The summed E-state index contributed by atoms with van der Waals surface area (Å²) in [6.45, 7) is 8.26. The summed E-state index contributed by atoms with van der Waals surface area (Å²) in [5.41, 5.74) is 2.12. The Kier molecular flexibility index (Phi) is 5.94. The van der Waals surface area contributed by atoms with Crippen LogP contribution in [0.2, 0.25) is 0 Å². The number of anilines is 1. The van der Waals surface area contributed by atoms with Gasteiger partial charge < -0.3 is 10.1 Å². The van der Waals surface area contributed by atoms with E-state index in [1.165, 1.54) is 5.56 Å². The molecule has 2 rings (SSSR count). The van der Waals surface area contributed by atoms with E-state index in [9.17, 15) is 4.79 Å². The quantitative estimate of drug-likeness (QED) is 0.767. The minimum absolute atomic E-state index is 0.101. The van der Waals surface area contributed by atoms with Crippen LogP contribution in [-0.2, 0) is 10.2 Å². The first-order valence-corrected chi connectivity index (χ1v) is 9.24. The Morgan fingerprint density at radius 3 is 2.38 bits per heavy atom. The van der Waals surface area contributed by atoms with Crippen LogP contribution in [0.3, 0.4) is 0 Å². The molecule has 0 aliphatic carbocycles. The van der Waals surface area contributed by atoms with Gasteiger partial charge in [0.2, 0.25) is 0 Å². The highest BCUT2D eigenvalue weighted by molar-refractivity contribution is 7.98. The monoisotopic (exact) mass is 343 g/mol. The first-order valence-electron chi connectivity index (χ1n) is 8.02. The lowest BCUT2D eigenvalue weighted by Gasteiger charge is -2.20. The van der Waals surface area contributed by atoms with Gasteiger partial charge in [0.05, 0.1) is 0 Å². The minimum Gasteiger partial charge on any atom is -0.481 e. The van der Waals surface area contributed by atoms with Crippen molar-refractivity contribution in [3.05, 3.63) is 54.1 Å². The maximum absolute atomic E-state index is 12.3. The van der Waals surface area contributed by atoms with Crippen molar-refractivity contribution in [1.82, 2.24) is 0 Å². The Morgan fingerprint density at radius 1 is 1.12 bits per heavy atom. The van der Waals surface area contributed by atoms with E-state index in [1.807, 2.05) is 54.8 Å². The number of carbonyl (C=O) groups excluding carboxylic acids is 1. The molecule has 24 heavy (non-hydrogen) atoms. The number of hydrogen-bond acceptors (Lipinski definition) is 3. The number of amides is 1. The van der Waals surface area contributed by atoms with Crippen LogP contribution in [0, 0.1) is 0 Å². The van der Waals surface area contributed by atoms with E-state index in [0.717, 1.165) is 10.6 Å². The van der Waals surface area contributed by atoms with Crippen LogP contribution in [0.4, 0.5) is 5.69 Å². The lowest BCUT2D eigenvalue weighted by Crippen LogP contribution is -2.30. The van der Waals surface area contributed by atoms with Gasteiger partial charge in [0.1, 0.15) is 5.75 Å². The molecule has 0 bridgehead atoms. The molecule has 0 aromatic heterocycles. The van der Waals surface area contributed by atoms with E-state index in [4.69, 9.17) is 4.74 Å². The van der Waals surface area contributed by atoms with Crippen LogP contribution in [0.15, 0.2) is 53.4 Å². The Hall–Kier alpha value is -1.94. The van der Waals surface area contributed by atoms with Crippen molar-refractivity contribution in [1.29, 1.82) is 0 Å². The molecular formula is C20H25NO2S. The summed E-state index contributed by atoms with van der Waals surface area (Å²) in [6, 6.07) is 15.7. The molecule has 0 aliphatic rings. The summed E-state index contributed by atoms with van der Waals surface area (Å²) >= 11 is 1.64. The number of thioether (sulfide) groups is 1. The van der Waals surface area contributed by atoms with E-state index >= 15 is 0 Å². The summed E-state index contributed by atoms with van der Waals surface area (Å²) in [5, 5.41) is 2.90. The molecule has 128 valence electrons. The molecule has 0 aliphatic heterocycles. The third kappa shape index (κ3) is 5.03. The highest BCUT2D eigenvalue weighted by Crippen LogP contribution is 2.25. The molecule has 0 saturated carbocycles. The van der Waals surface area contributed by atoms with Crippen LogP contribution in [0.5, 0.6) is 5.75 Å². The van der Waals surface area contributed by atoms with Gasteiger partial charge >= 0.3 is 0 Å². The Labute approximate surface area is 148 Å². The van der Waals surface area contributed by atoms with Crippen molar-refractivity contribution >= 4 is 23.4 Å². The van der Waals surface area contributed by atoms with Gasteiger partial charge in [-0.05, 0) is 54.5 Å². The molecule has 0 fully saturated rings. The summed E-state index contributed by atoms with van der Waals surface area (Å²) in [7, 11) is 0. The summed E-state index contributed by atoms with van der Waals surface area (Å²) < 4.78 is 5.76. The fraction of sp³-hybridized carbons (Fsp3) is 0.350. The fourth-order valence-electron chi connectivity index (χ4n) is 2.24. The van der Waals surface area contributed by atoms with Crippen LogP contribution in [-0.4, -0.2) is 18.3 Å². The topological polar surface area (TPSA) is 38.3 Å². The number of carbonyl (C=O) groups is 1. The van der Waals surface area contributed by atoms with Gasteiger partial charge in [-0.2, -0.15) is 0 Å². The van der Waals surface area contributed by atoms with Crippen LogP contribution < -0.4 is 10.1 Å². The number of rotatable bonds is 5. The zero-order chi connectivity index (χ0) is 17.7. The Balaban J connectivity index is 1.98. The molecule has 4 heteroatoms. The predicted molar refractivity (Wildman–Crippen MR) is 102 cm³/mol. The van der Waals surface area contributed by atoms with Gasteiger partial charge in [-0.15, -0.1) is 11.8 Å². The lowest BCUT2D eigenvalue weighted by atomic mass is 9.87.